The predicted molar refractivity (Wildman–Crippen MR) is 85.7 cm³/mol. The van der Waals surface area contributed by atoms with Gasteiger partial charge in [-0.15, -0.1) is 0 Å². The molecule has 3 N–H and O–H groups in total. The molecule has 0 saturated carbocycles. The molecule has 0 aliphatic carbocycles. The first-order valence-corrected chi connectivity index (χ1v) is 7.90. The number of urea groups is 2. The van der Waals surface area contributed by atoms with Crippen molar-refractivity contribution in [2.24, 2.45) is 0 Å². The van der Waals surface area contributed by atoms with Gasteiger partial charge in [-0.1, -0.05) is 12.1 Å². The van der Waals surface area contributed by atoms with Crippen molar-refractivity contribution in [2.45, 2.75) is 18.9 Å². The highest BCUT2D eigenvalue weighted by Crippen LogP contribution is 2.24. The number of rotatable bonds is 5. The molecule has 5 amide bonds. The van der Waals surface area contributed by atoms with Gasteiger partial charge in [0.25, 0.3) is 5.91 Å². The molecule has 0 aromatic heterocycles. The molecule has 1 aromatic carbocycles. The van der Waals surface area contributed by atoms with E-state index < -0.39 is 11.6 Å². The monoisotopic (exact) mass is 332 g/mol. The number of benzene rings is 1. The van der Waals surface area contributed by atoms with Crippen molar-refractivity contribution in [3.63, 3.8) is 0 Å². The third-order valence-corrected chi connectivity index (χ3v) is 4.12. The van der Waals surface area contributed by atoms with Crippen molar-refractivity contribution in [1.82, 2.24) is 20.9 Å². The van der Waals surface area contributed by atoms with Crippen molar-refractivity contribution >= 4 is 18.0 Å². The molecule has 1 spiro atoms. The van der Waals surface area contributed by atoms with Crippen LogP contribution in [0.1, 0.15) is 12.5 Å². The zero-order valence-corrected chi connectivity index (χ0v) is 13.4. The van der Waals surface area contributed by atoms with Crippen LogP contribution in [0.2, 0.25) is 0 Å². The summed E-state index contributed by atoms with van der Waals surface area (Å²) in [6.45, 7) is 3.41. The van der Waals surface area contributed by atoms with Gasteiger partial charge in [-0.3, -0.25) is 10.1 Å². The van der Waals surface area contributed by atoms with E-state index in [2.05, 4.69) is 16.0 Å². The number of nitrogens with zero attached hydrogens (tertiary/aromatic N) is 1. The quantitative estimate of drug-likeness (QED) is 0.672. The van der Waals surface area contributed by atoms with Crippen LogP contribution in [0.3, 0.4) is 0 Å². The summed E-state index contributed by atoms with van der Waals surface area (Å²) in [5.74, 6) is 0.443. The largest absolute Gasteiger partial charge is 0.494 e. The maximum atomic E-state index is 12.1. The molecule has 2 heterocycles. The number of carbonyl (C=O) groups excluding carboxylic acids is 3. The summed E-state index contributed by atoms with van der Waals surface area (Å²) in [5, 5.41) is 7.58. The Hall–Kier alpha value is -2.77. The van der Waals surface area contributed by atoms with Gasteiger partial charge in [0.15, 0.2) is 5.54 Å². The van der Waals surface area contributed by atoms with Gasteiger partial charge in [0, 0.05) is 6.54 Å². The molecule has 0 unspecified atom stereocenters. The first kappa shape index (κ1) is 16.1. The van der Waals surface area contributed by atoms with E-state index in [1.807, 2.05) is 31.2 Å². The Morgan fingerprint density at radius 3 is 2.83 bits per heavy atom. The van der Waals surface area contributed by atoms with Crippen LogP contribution < -0.4 is 20.7 Å². The van der Waals surface area contributed by atoms with E-state index in [0.717, 1.165) is 11.3 Å². The van der Waals surface area contributed by atoms with Crippen LogP contribution in [0.5, 0.6) is 5.75 Å². The van der Waals surface area contributed by atoms with Crippen molar-refractivity contribution in [3.05, 3.63) is 29.8 Å². The number of imide groups is 1. The van der Waals surface area contributed by atoms with E-state index in [0.29, 0.717) is 19.6 Å². The number of amides is 5. The predicted octanol–water partition coefficient (Wildman–Crippen LogP) is 0.231. The Kier molecular flexibility index (Phi) is 4.28. The van der Waals surface area contributed by atoms with Crippen LogP contribution in [-0.4, -0.2) is 54.6 Å². The summed E-state index contributed by atoms with van der Waals surface area (Å²) < 4.78 is 5.44. The van der Waals surface area contributed by atoms with E-state index in [1.54, 1.807) is 0 Å². The molecule has 2 fully saturated rings. The topological polar surface area (TPSA) is 99.8 Å². The number of ether oxygens (including phenoxy) is 1. The number of hydrogen-bond donors (Lipinski definition) is 3. The lowest BCUT2D eigenvalue weighted by Gasteiger charge is -2.44. The molecule has 2 aliphatic rings. The number of nitrogens with one attached hydrogen (secondary N) is 3. The van der Waals surface area contributed by atoms with Gasteiger partial charge < -0.3 is 20.3 Å². The average Bonchev–Trinajstić information content (AvgIpc) is 2.81. The summed E-state index contributed by atoms with van der Waals surface area (Å²) in [6, 6.07) is 7.00. The smallest absolute Gasteiger partial charge is 0.322 e. The molecule has 24 heavy (non-hydrogen) atoms. The second kappa shape index (κ2) is 6.38. The maximum Gasteiger partial charge on any atom is 0.322 e. The third kappa shape index (κ3) is 3.12. The number of carbonyl (C=O) groups is 3. The second-order valence-corrected chi connectivity index (χ2v) is 5.91. The average molecular weight is 332 g/mol. The highest BCUT2D eigenvalue weighted by molar-refractivity contribution is 6.08. The molecule has 128 valence electrons. The van der Waals surface area contributed by atoms with Gasteiger partial charge >= 0.3 is 12.1 Å². The Bertz CT molecular complexity index is 670. The molecule has 8 heteroatoms. The third-order valence-electron chi connectivity index (χ3n) is 4.12. The lowest BCUT2D eigenvalue weighted by molar-refractivity contribution is -0.128. The van der Waals surface area contributed by atoms with E-state index in [-0.39, 0.29) is 25.0 Å². The minimum Gasteiger partial charge on any atom is -0.494 e. The van der Waals surface area contributed by atoms with Gasteiger partial charge in [0.2, 0.25) is 0 Å². The van der Waals surface area contributed by atoms with Crippen LogP contribution in [0.4, 0.5) is 9.59 Å². The summed E-state index contributed by atoms with van der Waals surface area (Å²) in [4.78, 5) is 36.4. The SMILES string of the molecule is CCOc1cccc(CCNC(=O)N2CC3(C2)NC(=O)NC3=O)c1. The van der Waals surface area contributed by atoms with Gasteiger partial charge in [-0.2, -0.15) is 0 Å². The maximum absolute atomic E-state index is 12.1. The van der Waals surface area contributed by atoms with Crippen LogP contribution in [0.15, 0.2) is 24.3 Å². The van der Waals surface area contributed by atoms with Crippen molar-refractivity contribution in [2.75, 3.05) is 26.2 Å². The first-order valence-electron chi connectivity index (χ1n) is 7.90. The second-order valence-electron chi connectivity index (χ2n) is 5.91. The van der Waals surface area contributed by atoms with Crippen LogP contribution in [0.25, 0.3) is 0 Å². The van der Waals surface area contributed by atoms with Crippen LogP contribution in [0, 0.1) is 0 Å². The lowest BCUT2D eigenvalue weighted by Crippen LogP contribution is -2.73. The Balaban J connectivity index is 1.43. The highest BCUT2D eigenvalue weighted by atomic mass is 16.5. The van der Waals surface area contributed by atoms with Gasteiger partial charge in [-0.05, 0) is 31.0 Å². The number of likely N-dealkylation sites (tertiary alicyclic amines) is 1. The molecule has 8 nitrogen and oxygen atoms in total. The van der Waals surface area contributed by atoms with E-state index in [1.165, 1.54) is 4.90 Å². The zero-order chi connectivity index (χ0) is 17.2. The Morgan fingerprint density at radius 1 is 1.38 bits per heavy atom. The molecule has 1 aromatic rings. The van der Waals surface area contributed by atoms with E-state index >= 15 is 0 Å². The molecular weight excluding hydrogens is 312 g/mol. The molecule has 0 bridgehead atoms. The molecule has 2 aliphatic heterocycles. The molecule has 0 atom stereocenters. The Morgan fingerprint density at radius 2 is 2.17 bits per heavy atom. The van der Waals surface area contributed by atoms with Crippen LogP contribution >= 0.6 is 0 Å². The normalized spacial score (nSPS) is 18.0. The fraction of sp³-hybridized carbons (Fsp3) is 0.438. The summed E-state index contributed by atoms with van der Waals surface area (Å²) in [7, 11) is 0. The van der Waals surface area contributed by atoms with Crippen molar-refractivity contribution in [1.29, 1.82) is 0 Å². The van der Waals surface area contributed by atoms with Gasteiger partial charge in [-0.25, -0.2) is 9.59 Å². The van der Waals surface area contributed by atoms with Crippen molar-refractivity contribution in [3.8, 4) is 5.75 Å². The molecule has 0 radical (unpaired) electrons. The zero-order valence-electron chi connectivity index (χ0n) is 13.4. The highest BCUT2D eigenvalue weighted by Gasteiger charge is 2.56. The summed E-state index contributed by atoms with van der Waals surface area (Å²) in [5.41, 5.74) is 0.129. The standard InChI is InChI=1S/C16H20N4O4/c1-2-24-12-5-3-4-11(8-12)6-7-17-15(23)20-9-16(10-20)13(21)18-14(22)19-16/h3-5,8H,2,6-7,9-10H2,1H3,(H,17,23)(H2,18,19,21,22). The fourth-order valence-corrected chi connectivity index (χ4v) is 2.88. The minimum absolute atomic E-state index is 0.191. The van der Waals surface area contributed by atoms with E-state index in [4.69, 9.17) is 4.74 Å². The van der Waals surface area contributed by atoms with Gasteiger partial charge in [0.1, 0.15) is 5.75 Å². The lowest BCUT2D eigenvalue weighted by atomic mass is 9.90. The summed E-state index contributed by atoms with van der Waals surface area (Å²) >= 11 is 0. The van der Waals surface area contributed by atoms with E-state index in [9.17, 15) is 14.4 Å². The molecule has 3 rings (SSSR count). The summed E-state index contributed by atoms with van der Waals surface area (Å²) in [6.07, 6.45) is 0.683. The first-order chi connectivity index (χ1) is 11.5. The van der Waals surface area contributed by atoms with Crippen molar-refractivity contribution < 1.29 is 19.1 Å². The fourth-order valence-electron chi connectivity index (χ4n) is 2.88. The number of hydrogen-bond acceptors (Lipinski definition) is 4. The van der Waals surface area contributed by atoms with Gasteiger partial charge in [0.05, 0.1) is 19.7 Å². The molecular formula is C16H20N4O4. The minimum atomic E-state index is -0.944. The molecule has 2 saturated heterocycles. The van der Waals surface area contributed by atoms with Crippen LogP contribution in [-0.2, 0) is 11.2 Å². The Labute approximate surface area is 139 Å².